The van der Waals surface area contributed by atoms with Gasteiger partial charge in [-0.3, -0.25) is 0 Å². The van der Waals surface area contributed by atoms with Gasteiger partial charge in [-0.15, -0.1) is 10.2 Å². The van der Waals surface area contributed by atoms with Crippen LogP contribution in [-0.4, -0.2) is 47.3 Å². The van der Waals surface area contributed by atoms with Crippen LogP contribution in [0.2, 0.25) is 0 Å². The molecule has 2 atom stereocenters. The second-order valence-electron chi connectivity index (χ2n) is 10.3. The van der Waals surface area contributed by atoms with E-state index in [-0.39, 0.29) is 12.1 Å². The number of aliphatic imine (C=N–C) groups is 2. The Morgan fingerprint density at radius 2 is 0.951 bits per heavy atom. The summed E-state index contributed by atoms with van der Waals surface area (Å²) in [6.07, 6.45) is 1.70. The molecule has 0 unspecified atom stereocenters. The highest BCUT2D eigenvalue weighted by atomic mass is 16.5. The zero-order valence-corrected chi connectivity index (χ0v) is 22.4. The summed E-state index contributed by atoms with van der Waals surface area (Å²) in [7, 11) is 0. The van der Waals surface area contributed by atoms with Crippen LogP contribution in [0.3, 0.4) is 0 Å². The third-order valence-electron chi connectivity index (χ3n) is 7.19. The fraction of sp³-hybridized carbons (Fsp3) is 0.176. The van der Waals surface area contributed by atoms with Gasteiger partial charge in [-0.2, -0.15) is 0 Å². The van der Waals surface area contributed by atoms with E-state index >= 15 is 0 Å². The molecular weight excluding hydrogens is 512 g/mol. The minimum absolute atomic E-state index is 0.0976. The van der Waals surface area contributed by atoms with Crippen LogP contribution in [0.4, 0.5) is 0 Å². The van der Waals surface area contributed by atoms with Crippen LogP contribution in [0.1, 0.15) is 22.3 Å². The number of hydrogen-bond acceptors (Lipinski definition) is 7. The average molecular weight is 541 g/mol. The van der Waals surface area contributed by atoms with E-state index in [1.54, 1.807) is 0 Å². The minimum atomic E-state index is 0.0976. The van der Waals surface area contributed by atoms with E-state index in [2.05, 4.69) is 34.5 Å². The minimum Gasteiger partial charge on any atom is -0.475 e. The van der Waals surface area contributed by atoms with Crippen molar-refractivity contribution in [1.82, 2.24) is 10.2 Å². The Kier molecular flexibility index (Phi) is 6.83. The van der Waals surface area contributed by atoms with Gasteiger partial charge in [-0.05, 0) is 60.4 Å². The van der Waals surface area contributed by atoms with Crippen LogP contribution in [-0.2, 0) is 22.3 Å². The van der Waals surface area contributed by atoms with Gasteiger partial charge >= 0.3 is 0 Å². The van der Waals surface area contributed by atoms with Gasteiger partial charge in [0.05, 0.1) is 12.1 Å². The van der Waals surface area contributed by atoms with Gasteiger partial charge in [-0.1, -0.05) is 72.8 Å². The molecule has 0 spiro atoms. The van der Waals surface area contributed by atoms with Gasteiger partial charge in [0.1, 0.15) is 13.2 Å². The van der Waals surface area contributed by atoms with Gasteiger partial charge in [0.15, 0.2) is 0 Å². The Hall–Kier alpha value is -5.04. The second kappa shape index (κ2) is 11.2. The van der Waals surface area contributed by atoms with Gasteiger partial charge in [0.2, 0.25) is 23.6 Å². The zero-order valence-electron chi connectivity index (χ0n) is 22.4. The summed E-state index contributed by atoms with van der Waals surface area (Å²) in [5.41, 5.74) is 5.90. The first-order valence-corrected chi connectivity index (χ1v) is 13.8. The van der Waals surface area contributed by atoms with Crippen LogP contribution in [0, 0.1) is 0 Å². The third-order valence-corrected chi connectivity index (χ3v) is 7.19. The van der Waals surface area contributed by atoms with Crippen molar-refractivity contribution >= 4 is 11.8 Å². The predicted octanol–water partition coefficient (Wildman–Crippen LogP) is 6.18. The van der Waals surface area contributed by atoms with Crippen molar-refractivity contribution in [3.8, 4) is 22.9 Å². The molecule has 0 saturated carbocycles. The van der Waals surface area contributed by atoms with E-state index in [4.69, 9.17) is 23.9 Å². The monoisotopic (exact) mass is 540 g/mol. The normalized spacial score (nSPS) is 18.0. The lowest BCUT2D eigenvalue weighted by molar-refractivity contribution is 0.317. The second-order valence-corrected chi connectivity index (χ2v) is 10.3. The lowest BCUT2D eigenvalue weighted by Gasteiger charge is -2.04. The number of nitrogens with zero attached hydrogens (tertiary/aromatic N) is 4. The molecule has 1 aromatic heterocycles. The molecule has 2 aliphatic heterocycles. The molecule has 7 heteroatoms. The molecule has 4 aromatic carbocycles. The van der Waals surface area contributed by atoms with E-state index < -0.39 is 0 Å². The fourth-order valence-electron chi connectivity index (χ4n) is 5.16. The quantitative estimate of drug-likeness (QED) is 0.235. The van der Waals surface area contributed by atoms with Crippen molar-refractivity contribution in [2.45, 2.75) is 24.9 Å². The Morgan fingerprint density at radius 3 is 1.41 bits per heavy atom. The fourth-order valence-corrected chi connectivity index (χ4v) is 5.16. The van der Waals surface area contributed by atoms with Crippen LogP contribution < -0.4 is 0 Å². The maximum atomic E-state index is 6.11. The number of rotatable bonds is 8. The summed E-state index contributed by atoms with van der Waals surface area (Å²) in [5.74, 6) is 2.15. The van der Waals surface area contributed by atoms with Gasteiger partial charge in [0, 0.05) is 22.3 Å². The van der Waals surface area contributed by atoms with Crippen LogP contribution >= 0.6 is 0 Å². The maximum Gasteiger partial charge on any atom is 0.248 e. The number of hydrogen-bond donors (Lipinski definition) is 0. The molecule has 0 amide bonds. The molecule has 202 valence electrons. The van der Waals surface area contributed by atoms with Crippen molar-refractivity contribution in [2.75, 3.05) is 13.2 Å². The summed E-state index contributed by atoms with van der Waals surface area (Å²) >= 11 is 0. The standard InChI is InChI=1S/C34H28N4O3/c1-3-9-23(10-4-1)17-29-21-39-31(35-29)25-13-7-15-27(19-25)33-37-38-34(41-33)28-16-8-14-26(20-28)32-36-30(22-40-32)18-24-11-5-2-6-12-24/h1-16,19-20,29-30H,17-18,21-22H2/t29-,30-/m0/s1. The molecule has 5 aromatic rings. The summed E-state index contributed by atoms with van der Waals surface area (Å²) in [6.45, 7) is 1.13. The van der Waals surface area contributed by atoms with Crippen LogP contribution in [0.25, 0.3) is 22.9 Å². The van der Waals surface area contributed by atoms with E-state index in [0.717, 1.165) is 35.1 Å². The Morgan fingerprint density at radius 1 is 0.512 bits per heavy atom. The van der Waals surface area contributed by atoms with E-state index in [1.807, 2.05) is 84.9 Å². The molecular formula is C34H28N4O3. The number of ether oxygens (including phenoxy) is 2. The van der Waals surface area contributed by atoms with E-state index in [0.29, 0.717) is 36.8 Å². The largest absolute Gasteiger partial charge is 0.475 e. The highest BCUT2D eigenvalue weighted by Crippen LogP contribution is 2.27. The lowest BCUT2D eigenvalue weighted by Crippen LogP contribution is -2.09. The molecule has 0 saturated heterocycles. The molecule has 0 aliphatic carbocycles. The molecule has 41 heavy (non-hydrogen) atoms. The topological polar surface area (TPSA) is 82.1 Å². The molecule has 3 heterocycles. The van der Waals surface area contributed by atoms with Gasteiger partial charge in [0.25, 0.3) is 0 Å². The number of benzene rings is 4. The highest BCUT2D eigenvalue weighted by Gasteiger charge is 2.23. The van der Waals surface area contributed by atoms with Gasteiger partial charge in [-0.25, -0.2) is 9.98 Å². The Bertz CT molecular complexity index is 1590. The SMILES string of the molecule is c1ccc(C[C@H]2COC(c3cccc(-c4nnc(-c5cccc(C6=N[C@@H](Cc7ccccc7)CO6)c5)o4)c3)=N2)cc1. The Balaban J connectivity index is 1.06. The van der Waals surface area contributed by atoms with Crippen LogP contribution in [0.5, 0.6) is 0 Å². The lowest BCUT2D eigenvalue weighted by atomic mass is 10.1. The zero-order chi connectivity index (χ0) is 27.4. The molecule has 0 radical (unpaired) electrons. The van der Waals surface area contributed by atoms with Crippen molar-refractivity contribution in [2.24, 2.45) is 9.98 Å². The first-order valence-electron chi connectivity index (χ1n) is 13.8. The summed E-state index contributed by atoms with van der Waals surface area (Å²) in [4.78, 5) is 9.64. The van der Waals surface area contributed by atoms with Crippen LogP contribution in [0.15, 0.2) is 124 Å². The molecule has 0 fully saturated rings. The molecule has 7 rings (SSSR count). The summed E-state index contributed by atoms with van der Waals surface area (Å²) in [5, 5.41) is 8.66. The van der Waals surface area contributed by atoms with Crippen molar-refractivity contribution in [3.05, 3.63) is 131 Å². The van der Waals surface area contributed by atoms with Crippen molar-refractivity contribution in [1.29, 1.82) is 0 Å². The van der Waals surface area contributed by atoms with E-state index in [9.17, 15) is 0 Å². The number of aromatic nitrogens is 2. The summed E-state index contributed by atoms with van der Waals surface area (Å²) < 4.78 is 18.0. The average Bonchev–Trinajstić information content (AvgIpc) is 3.80. The van der Waals surface area contributed by atoms with Crippen molar-refractivity contribution in [3.63, 3.8) is 0 Å². The highest BCUT2D eigenvalue weighted by molar-refractivity contribution is 5.97. The van der Waals surface area contributed by atoms with Gasteiger partial charge < -0.3 is 13.9 Å². The van der Waals surface area contributed by atoms with Crippen molar-refractivity contribution < 1.29 is 13.9 Å². The smallest absolute Gasteiger partial charge is 0.248 e. The Labute approximate surface area is 238 Å². The predicted molar refractivity (Wildman–Crippen MR) is 158 cm³/mol. The molecule has 2 aliphatic rings. The molecule has 0 bridgehead atoms. The molecule has 7 nitrogen and oxygen atoms in total. The first-order chi connectivity index (χ1) is 20.3. The maximum absolute atomic E-state index is 6.11. The van der Waals surface area contributed by atoms with E-state index in [1.165, 1.54) is 11.1 Å². The summed E-state index contributed by atoms with van der Waals surface area (Å²) in [6, 6.07) is 36.6. The third kappa shape index (κ3) is 5.65. The molecule has 0 N–H and O–H groups in total. The first kappa shape index (κ1) is 25.0.